The van der Waals surface area contributed by atoms with Gasteiger partial charge in [-0.05, 0) is 25.7 Å². The zero-order valence-electron chi connectivity index (χ0n) is 18.3. The van der Waals surface area contributed by atoms with Crippen molar-refractivity contribution in [2.75, 3.05) is 0 Å². The first-order valence-corrected chi connectivity index (χ1v) is 12.5. The van der Waals surface area contributed by atoms with E-state index in [9.17, 15) is 18.1 Å². The largest absolute Gasteiger partial charge is 1.00 e. The Morgan fingerprint density at radius 2 is 1.00 bits per heavy atom. The molecular weight excluding hydrogens is 371 g/mol. The van der Waals surface area contributed by atoms with Crippen molar-refractivity contribution in [1.82, 2.24) is 0 Å². The van der Waals surface area contributed by atoms with Crippen molar-refractivity contribution in [2.24, 2.45) is 0 Å². The van der Waals surface area contributed by atoms with E-state index in [1.54, 1.807) is 0 Å². The van der Waals surface area contributed by atoms with Crippen LogP contribution in [0.3, 0.4) is 0 Å². The van der Waals surface area contributed by atoms with E-state index in [0.717, 1.165) is 51.4 Å². The van der Waals surface area contributed by atoms with E-state index < -0.39 is 15.4 Å². The molecule has 6 heteroatoms. The minimum atomic E-state index is -4.20. The SMILES string of the molecule is CCCCCCCCCCC(CCCCC(O)CCCCC)S(=O)(=O)[O-].[Na+]. The Morgan fingerprint density at radius 3 is 1.48 bits per heavy atom. The molecular formula is C21H43NaO4S. The van der Waals surface area contributed by atoms with Crippen LogP contribution in [0.5, 0.6) is 0 Å². The topological polar surface area (TPSA) is 77.4 Å². The average molecular weight is 415 g/mol. The molecule has 0 aromatic rings. The quantitative estimate of drug-likeness (QED) is 0.200. The van der Waals surface area contributed by atoms with Crippen LogP contribution in [0.2, 0.25) is 0 Å². The predicted octanol–water partition coefficient (Wildman–Crippen LogP) is 2.94. The fourth-order valence-electron chi connectivity index (χ4n) is 3.47. The molecule has 0 aliphatic rings. The number of aliphatic hydroxyl groups excluding tert-OH is 1. The molecule has 0 aromatic carbocycles. The van der Waals surface area contributed by atoms with Gasteiger partial charge in [0.15, 0.2) is 0 Å². The average Bonchev–Trinajstić information content (AvgIpc) is 2.58. The van der Waals surface area contributed by atoms with E-state index >= 15 is 0 Å². The summed E-state index contributed by atoms with van der Waals surface area (Å²) in [5, 5.41) is 9.16. The van der Waals surface area contributed by atoms with Crippen LogP contribution in [0, 0.1) is 0 Å². The van der Waals surface area contributed by atoms with Gasteiger partial charge in [0.2, 0.25) is 0 Å². The van der Waals surface area contributed by atoms with Crippen LogP contribution in [0.4, 0.5) is 0 Å². The maximum atomic E-state index is 11.5. The van der Waals surface area contributed by atoms with Crippen LogP contribution < -0.4 is 29.6 Å². The van der Waals surface area contributed by atoms with E-state index in [1.807, 2.05) is 0 Å². The number of hydrogen-bond acceptors (Lipinski definition) is 4. The minimum absolute atomic E-state index is 0. The molecule has 4 nitrogen and oxygen atoms in total. The third-order valence-corrected chi connectivity index (χ3v) is 6.53. The molecule has 0 aliphatic carbocycles. The van der Waals surface area contributed by atoms with Crippen LogP contribution >= 0.6 is 0 Å². The van der Waals surface area contributed by atoms with Gasteiger partial charge in [0, 0.05) is 5.25 Å². The van der Waals surface area contributed by atoms with Crippen LogP contribution in [0.1, 0.15) is 123 Å². The molecule has 0 aliphatic heterocycles. The summed E-state index contributed by atoms with van der Waals surface area (Å²) < 4.78 is 34.4. The molecule has 1 N–H and O–H groups in total. The Kier molecular flexibility index (Phi) is 22.4. The smallest absolute Gasteiger partial charge is 0.748 e. The predicted molar refractivity (Wildman–Crippen MR) is 109 cm³/mol. The fraction of sp³-hybridized carbons (Fsp3) is 1.00. The van der Waals surface area contributed by atoms with Crippen LogP contribution in [0.25, 0.3) is 0 Å². The molecule has 0 fully saturated rings. The molecule has 0 amide bonds. The zero-order valence-corrected chi connectivity index (χ0v) is 21.1. The molecule has 0 bridgehead atoms. The van der Waals surface area contributed by atoms with Crippen molar-refractivity contribution >= 4 is 10.1 Å². The van der Waals surface area contributed by atoms with Gasteiger partial charge in [-0.25, -0.2) is 8.42 Å². The second-order valence-electron chi connectivity index (χ2n) is 7.81. The Balaban J connectivity index is 0. The Labute approximate surface area is 191 Å². The van der Waals surface area contributed by atoms with Gasteiger partial charge in [0.25, 0.3) is 0 Å². The molecule has 0 spiro atoms. The first-order valence-electron chi connectivity index (χ1n) is 11.0. The van der Waals surface area contributed by atoms with Crippen molar-refractivity contribution in [3.63, 3.8) is 0 Å². The van der Waals surface area contributed by atoms with Gasteiger partial charge in [-0.15, -0.1) is 0 Å². The number of aliphatic hydroxyl groups is 1. The summed E-state index contributed by atoms with van der Waals surface area (Å²) in [4.78, 5) is 0. The molecule has 158 valence electrons. The minimum Gasteiger partial charge on any atom is -0.748 e. The van der Waals surface area contributed by atoms with E-state index in [-0.39, 0.29) is 35.7 Å². The maximum Gasteiger partial charge on any atom is 1.00 e. The van der Waals surface area contributed by atoms with Crippen LogP contribution in [0.15, 0.2) is 0 Å². The normalized spacial score (nSPS) is 13.9. The van der Waals surface area contributed by atoms with Crippen molar-refractivity contribution in [3.8, 4) is 0 Å². The van der Waals surface area contributed by atoms with Crippen molar-refractivity contribution < 1.29 is 47.6 Å². The van der Waals surface area contributed by atoms with E-state index in [2.05, 4.69) is 13.8 Å². The molecule has 0 heterocycles. The first kappa shape index (κ1) is 30.1. The summed E-state index contributed by atoms with van der Waals surface area (Å²) >= 11 is 0. The third-order valence-electron chi connectivity index (χ3n) is 5.24. The molecule has 0 aromatic heterocycles. The standard InChI is InChI=1S/C21H44O4S.Na/c1-3-5-7-8-9-10-11-13-18-21(26(23,24)25)19-15-14-17-20(22)16-12-6-4-2;/h20-22H,3-19H2,1-2H3,(H,23,24,25);/q;+1/p-1. The van der Waals surface area contributed by atoms with E-state index in [4.69, 9.17) is 0 Å². The van der Waals surface area contributed by atoms with E-state index in [0.29, 0.717) is 25.7 Å². The first-order chi connectivity index (χ1) is 12.4. The molecule has 27 heavy (non-hydrogen) atoms. The molecule has 0 rings (SSSR count). The fourth-order valence-corrected chi connectivity index (χ4v) is 4.38. The van der Waals surface area contributed by atoms with Gasteiger partial charge in [-0.3, -0.25) is 0 Å². The zero-order chi connectivity index (χ0) is 19.7. The second kappa shape index (κ2) is 20.2. The van der Waals surface area contributed by atoms with Crippen molar-refractivity contribution in [3.05, 3.63) is 0 Å². The third kappa shape index (κ3) is 19.9. The molecule has 2 unspecified atom stereocenters. The van der Waals surface area contributed by atoms with Gasteiger partial charge >= 0.3 is 29.6 Å². The summed E-state index contributed by atoms with van der Waals surface area (Å²) in [7, 11) is -4.20. The second-order valence-corrected chi connectivity index (χ2v) is 9.46. The van der Waals surface area contributed by atoms with Gasteiger partial charge < -0.3 is 9.66 Å². The summed E-state index contributed by atoms with van der Waals surface area (Å²) in [5.41, 5.74) is 0. The molecule has 0 saturated carbocycles. The van der Waals surface area contributed by atoms with Gasteiger partial charge in [-0.1, -0.05) is 97.3 Å². The Bertz CT molecular complexity index is 401. The van der Waals surface area contributed by atoms with Crippen LogP contribution in [-0.4, -0.2) is 29.4 Å². The summed E-state index contributed by atoms with van der Waals surface area (Å²) in [6, 6.07) is 0. The van der Waals surface area contributed by atoms with E-state index in [1.165, 1.54) is 32.1 Å². The molecule has 0 saturated heterocycles. The Hall–Kier alpha value is 0.870. The molecule has 2 atom stereocenters. The van der Waals surface area contributed by atoms with Gasteiger partial charge in [0.05, 0.1) is 16.2 Å². The van der Waals surface area contributed by atoms with Gasteiger partial charge in [-0.2, -0.15) is 0 Å². The van der Waals surface area contributed by atoms with Crippen LogP contribution in [-0.2, 0) is 10.1 Å². The summed E-state index contributed by atoms with van der Waals surface area (Å²) in [6.07, 6.45) is 16.4. The molecule has 0 radical (unpaired) electrons. The summed E-state index contributed by atoms with van der Waals surface area (Å²) in [6.45, 7) is 4.35. The van der Waals surface area contributed by atoms with Crippen molar-refractivity contribution in [2.45, 2.75) is 134 Å². The maximum absolute atomic E-state index is 11.5. The number of rotatable bonds is 19. The monoisotopic (exact) mass is 414 g/mol. The number of hydrogen-bond donors (Lipinski definition) is 1. The summed E-state index contributed by atoms with van der Waals surface area (Å²) in [5.74, 6) is 0. The van der Waals surface area contributed by atoms with Gasteiger partial charge in [0.1, 0.15) is 0 Å². The Morgan fingerprint density at radius 1 is 0.667 bits per heavy atom. The van der Waals surface area contributed by atoms with Crippen molar-refractivity contribution in [1.29, 1.82) is 0 Å². The number of unbranched alkanes of at least 4 members (excludes halogenated alkanes) is 10.